The fourth-order valence-corrected chi connectivity index (χ4v) is 4.68. The van der Waals surface area contributed by atoms with Crippen LogP contribution < -0.4 is 10.2 Å². The molecule has 9 heteroatoms. The summed E-state index contributed by atoms with van der Waals surface area (Å²) in [7, 11) is 1.66. The van der Waals surface area contributed by atoms with Crippen molar-refractivity contribution in [3.8, 4) is 6.07 Å². The number of methoxy groups -OCH3 is 1. The van der Waals surface area contributed by atoms with Crippen molar-refractivity contribution in [3.05, 3.63) is 57.9 Å². The van der Waals surface area contributed by atoms with Crippen molar-refractivity contribution in [2.75, 3.05) is 51.3 Å². The Morgan fingerprint density at radius 2 is 1.94 bits per heavy atom. The van der Waals surface area contributed by atoms with Crippen molar-refractivity contribution in [1.82, 2.24) is 14.8 Å². The number of anilines is 1. The molecular weight excluding hydrogens is 466 g/mol. The van der Waals surface area contributed by atoms with Gasteiger partial charge in [0, 0.05) is 55.4 Å². The number of ether oxygens (including phenoxy) is 1. The average Bonchev–Trinajstić information content (AvgIpc) is 3.13. The highest BCUT2D eigenvalue weighted by Crippen LogP contribution is 2.23. The van der Waals surface area contributed by atoms with Crippen LogP contribution in [0.5, 0.6) is 0 Å². The lowest BCUT2D eigenvalue weighted by molar-refractivity contribution is -0.132. The number of carbonyl (C=O) groups is 2. The third-order valence-corrected chi connectivity index (χ3v) is 6.48. The quantitative estimate of drug-likeness (QED) is 0.446. The first-order valence-corrected chi connectivity index (χ1v) is 12.0. The second-order valence-corrected chi connectivity index (χ2v) is 9.14. The van der Waals surface area contributed by atoms with E-state index < -0.39 is 5.91 Å². The van der Waals surface area contributed by atoms with E-state index in [0.717, 1.165) is 22.6 Å². The SMILES string of the molecule is COCC(C)n1c(C)cc(/C=C(\C#N)C(=O)NCC(=O)N2CCN(c3cccc(Cl)c3)CC2)c1C. The number of hydrogen-bond acceptors (Lipinski definition) is 5. The molecule has 1 saturated heterocycles. The number of nitriles is 1. The number of rotatable bonds is 8. The van der Waals surface area contributed by atoms with Crippen molar-refractivity contribution in [2.24, 2.45) is 0 Å². The topological polar surface area (TPSA) is 90.6 Å². The predicted molar refractivity (Wildman–Crippen MR) is 137 cm³/mol. The first kappa shape index (κ1) is 26.3. The van der Waals surface area contributed by atoms with E-state index in [1.807, 2.05) is 50.2 Å². The zero-order chi connectivity index (χ0) is 25.5. The first-order valence-electron chi connectivity index (χ1n) is 11.6. The Kier molecular flexibility index (Phi) is 8.96. The molecule has 0 bridgehead atoms. The second kappa shape index (κ2) is 11.9. The Morgan fingerprint density at radius 1 is 1.23 bits per heavy atom. The maximum Gasteiger partial charge on any atom is 0.262 e. The van der Waals surface area contributed by atoms with Gasteiger partial charge in [0.1, 0.15) is 11.6 Å². The smallest absolute Gasteiger partial charge is 0.262 e. The van der Waals surface area contributed by atoms with Gasteiger partial charge in [-0.15, -0.1) is 0 Å². The molecule has 2 aromatic rings. The van der Waals surface area contributed by atoms with Crippen LogP contribution >= 0.6 is 11.6 Å². The molecule has 1 N–H and O–H groups in total. The average molecular weight is 498 g/mol. The Balaban J connectivity index is 1.57. The van der Waals surface area contributed by atoms with E-state index >= 15 is 0 Å². The van der Waals surface area contributed by atoms with Crippen LogP contribution in [0.25, 0.3) is 6.08 Å². The standard InChI is InChI=1S/C26H32ClN5O3/c1-18-12-21(20(3)32(18)19(2)17-35-4)13-22(15-28)26(34)29-16-25(33)31-10-8-30(9-11-31)24-7-5-6-23(27)14-24/h5-7,12-14,19H,8-11,16-17H2,1-4H3,(H,29,34)/b22-13+. The summed E-state index contributed by atoms with van der Waals surface area (Å²) in [5.74, 6) is -0.735. The summed E-state index contributed by atoms with van der Waals surface area (Å²) in [6.45, 7) is 8.84. The molecule has 1 atom stereocenters. The number of carbonyl (C=O) groups excluding carboxylic acids is 2. The summed E-state index contributed by atoms with van der Waals surface area (Å²) in [5.41, 5.74) is 3.74. The lowest BCUT2D eigenvalue weighted by Gasteiger charge is -2.36. The maximum absolute atomic E-state index is 12.7. The second-order valence-electron chi connectivity index (χ2n) is 8.70. The molecule has 2 amide bonds. The molecule has 35 heavy (non-hydrogen) atoms. The molecule has 2 heterocycles. The highest BCUT2D eigenvalue weighted by Gasteiger charge is 2.22. The predicted octanol–water partition coefficient (Wildman–Crippen LogP) is 3.34. The highest BCUT2D eigenvalue weighted by molar-refractivity contribution is 6.30. The lowest BCUT2D eigenvalue weighted by Crippen LogP contribution is -2.51. The summed E-state index contributed by atoms with van der Waals surface area (Å²) in [6, 6.07) is 11.7. The number of piperazine rings is 1. The number of benzene rings is 1. The van der Waals surface area contributed by atoms with Gasteiger partial charge in [0.2, 0.25) is 5.91 Å². The van der Waals surface area contributed by atoms with E-state index in [4.69, 9.17) is 16.3 Å². The Labute approximate surface area is 211 Å². The van der Waals surface area contributed by atoms with Gasteiger partial charge in [0.25, 0.3) is 5.91 Å². The van der Waals surface area contributed by atoms with Crippen molar-refractivity contribution < 1.29 is 14.3 Å². The van der Waals surface area contributed by atoms with Gasteiger partial charge in [-0.25, -0.2) is 0 Å². The number of hydrogen-bond donors (Lipinski definition) is 1. The van der Waals surface area contributed by atoms with E-state index in [-0.39, 0.29) is 24.1 Å². The van der Waals surface area contributed by atoms with Crippen LogP contribution in [0.4, 0.5) is 5.69 Å². The molecule has 0 spiro atoms. The highest BCUT2D eigenvalue weighted by atomic mass is 35.5. The number of nitrogens with one attached hydrogen (secondary N) is 1. The normalized spacial score (nSPS) is 15.0. The zero-order valence-corrected chi connectivity index (χ0v) is 21.4. The molecule has 0 saturated carbocycles. The van der Waals surface area contributed by atoms with E-state index in [0.29, 0.717) is 37.8 Å². The van der Waals surface area contributed by atoms with E-state index in [9.17, 15) is 14.9 Å². The minimum absolute atomic E-state index is 0.0387. The fourth-order valence-electron chi connectivity index (χ4n) is 4.50. The summed E-state index contributed by atoms with van der Waals surface area (Å²) in [6.07, 6.45) is 1.57. The molecule has 1 fully saturated rings. The van der Waals surface area contributed by atoms with Crippen LogP contribution in [-0.4, -0.2) is 67.7 Å². The van der Waals surface area contributed by atoms with Gasteiger partial charge in [-0.05, 0) is 56.7 Å². The van der Waals surface area contributed by atoms with Gasteiger partial charge in [0.05, 0.1) is 19.2 Å². The van der Waals surface area contributed by atoms with Gasteiger partial charge >= 0.3 is 0 Å². The number of aryl methyl sites for hydroxylation is 1. The summed E-state index contributed by atoms with van der Waals surface area (Å²) >= 11 is 6.08. The molecule has 8 nitrogen and oxygen atoms in total. The number of halogens is 1. The fraction of sp³-hybridized carbons (Fsp3) is 0.423. The monoisotopic (exact) mass is 497 g/mol. The maximum atomic E-state index is 12.7. The molecule has 1 aliphatic heterocycles. The molecular formula is C26H32ClN5O3. The van der Waals surface area contributed by atoms with Crippen LogP contribution in [0, 0.1) is 25.2 Å². The van der Waals surface area contributed by atoms with Crippen LogP contribution in [0.15, 0.2) is 35.9 Å². The van der Waals surface area contributed by atoms with E-state index in [1.165, 1.54) is 0 Å². The van der Waals surface area contributed by atoms with Gasteiger partial charge in [-0.1, -0.05) is 17.7 Å². The van der Waals surface area contributed by atoms with Crippen molar-refractivity contribution in [3.63, 3.8) is 0 Å². The molecule has 1 aliphatic rings. The Hall–Kier alpha value is -3.28. The minimum Gasteiger partial charge on any atom is -0.383 e. The summed E-state index contributed by atoms with van der Waals surface area (Å²) in [5, 5.41) is 12.9. The molecule has 3 rings (SSSR count). The Bertz CT molecular complexity index is 1140. The largest absolute Gasteiger partial charge is 0.383 e. The van der Waals surface area contributed by atoms with Crippen LogP contribution in [0.3, 0.4) is 0 Å². The zero-order valence-electron chi connectivity index (χ0n) is 20.7. The molecule has 186 valence electrons. The van der Waals surface area contributed by atoms with Crippen molar-refractivity contribution in [1.29, 1.82) is 5.26 Å². The number of nitrogens with zero attached hydrogens (tertiary/aromatic N) is 4. The van der Waals surface area contributed by atoms with Gasteiger partial charge < -0.3 is 24.4 Å². The molecule has 1 unspecified atom stereocenters. The number of aromatic nitrogens is 1. The van der Waals surface area contributed by atoms with Crippen LogP contribution in [-0.2, 0) is 14.3 Å². The third-order valence-electron chi connectivity index (χ3n) is 6.24. The lowest BCUT2D eigenvalue weighted by atomic mass is 10.1. The molecule has 1 aromatic carbocycles. The van der Waals surface area contributed by atoms with Crippen molar-refractivity contribution >= 4 is 35.2 Å². The van der Waals surface area contributed by atoms with E-state index in [1.54, 1.807) is 18.1 Å². The van der Waals surface area contributed by atoms with Gasteiger partial charge in [-0.2, -0.15) is 5.26 Å². The van der Waals surface area contributed by atoms with Crippen LogP contribution in [0.2, 0.25) is 5.02 Å². The Morgan fingerprint density at radius 3 is 2.57 bits per heavy atom. The summed E-state index contributed by atoms with van der Waals surface area (Å²) < 4.78 is 7.38. The number of amides is 2. The third kappa shape index (κ3) is 6.44. The molecule has 0 aliphatic carbocycles. The van der Waals surface area contributed by atoms with E-state index in [2.05, 4.69) is 21.7 Å². The van der Waals surface area contributed by atoms with Crippen LogP contribution in [0.1, 0.15) is 29.9 Å². The molecule has 0 radical (unpaired) electrons. The minimum atomic E-state index is -0.562. The van der Waals surface area contributed by atoms with Crippen molar-refractivity contribution in [2.45, 2.75) is 26.8 Å². The first-order chi connectivity index (χ1) is 16.7. The van der Waals surface area contributed by atoms with Gasteiger partial charge in [0.15, 0.2) is 0 Å². The summed E-state index contributed by atoms with van der Waals surface area (Å²) in [4.78, 5) is 29.2. The molecule has 1 aromatic heterocycles. The van der Waals surface area contributed by atoms with Gasteiger partial charge in [-0.3, -0.25) is 9.59 Å².